The molecule has 0 unspecified atom stereocenters. The molecule has 0 aromatic heterocycles. The zero-order valence-corrected chi connectivity index (χ0v) is 16.9. The Bertz CT molecular complexity index is 332. The van der Waals surface area contributed by atoms with Crippen LogP contribution in [0.3, 0.4) is 0 Å². The second-order valence-corrected chi connectivity index (χ2v) is 5.56. The van der Waals surface area contributed by atoms with Gasteiger partial charge in [-0.3, -0.25) is 4.79 Å². The fourth-order valence-electron chi connectivity index (χ4n) is 2.55. The summed E-state index contributed by atoms with van der Waals surface area (Å²) in [7, 11) is 0. The van der Waals surface area contributed by atoms with E-state index in [9.17, 15) is 4.79 Å². The summed E-state index contributed by atoms with van der Waals surface area (Å²) in [5, 5.41) is 9.07. The van der Waals surface area contributed by atoms with Crippen molar-refractivity contribution in [1.82, 2.24) is 16.0 Å². The Hall–Kier alpha value is -0.570. The van der Waals surface area contributed by atoms with Crippen molar-refractivity contribution in [2.24, 2.45) is 4.99 Å². The summed E-state index contributed by atoms with van der Waals surface area (Å²) in [6.45, 7) is 6.83. The molecule has 0 atom stereocenters. The smallest absolute Gasteiger partial charge is 0.241 e. The van der Waals surface area contributed by atoms with Gasteiger partial charge in [0.15, 0.2) is 5.96 Å². The van der Waals surface area contributed by atoms with Crippen molar-refractivity contribution in [2.75, 3.05) is 32.8 Å². The number of halogens is 1. The fourth-order valence-corrected chi connectivity index (χ4v) is 2.55. The molecule has 1 saturated carbocycles. The van der Waals surface area contributed by atoms with Gasteiger partial charge in [0.2, 0.25) is 5.91 Å². The van der Waals surface area contributed by atoms with E-state index in [1.54, 1.807) is 0 Å². The minimum absolute atomic E-state index is 0. The van der Waals surface area contributed by atoms with Gasteiger partial charge in [0, 0.05) is 19.6 Å². The molecule has 0 aromatic rings. The van der Waals surface area contributed by atoms with Gasteiger partial charge < -0.3 is 20.7 Å². The number of hydrogen-bond acceptors (Lipinski definition) is 3. The number of carbonyl (C=O) groups excluding carboxylic acids is 1. The molecule has 0 spiro atoms. The fraction of sp³-hybridized carbons (Fsp3) is 0.875. The number of hydrogen-bond donors (Lipinski definition) is 3. The molecule has 7 heteroatoms. The zero-order chi connectivity index (χ0) is 16.0. The van der Waals surface area contributed by atoms with Gasteiger partial charge in [0.05, 0.1) is 12.7 Å². The van der Waals surface area contributed by atoms with Gasteiger partial charge in [-0.05, 0) is 26.7 Å². The molecule has 1 aliphatic rings. The number of carbonyl (C=O) groups is 1. The monoisotopic (exact) mass is 440 g/mol. The Kier molecular flexibility index (Phi) is 14.6. The molecule has 0 aromatic carbocycles. The molecule has 3 N–H and O–H groups in total. The number of guanidine groups is 1. The van der Waals surface area contributed by atoms with Gasteiger partial charge in [-0.15, -0.1) is 24.0 Å². The third kappa shape index (κ3) is 11.6. The topological polar surface area (TPSA) is 74.8 Å². The van der Waals surface area contributed by atoms with E-state index in [1.807, 2.05) is 13.8 Å². The largest absolute Gasteiger partial charge is 0.376 e. The van der Waals surface area contributed by atoms with Gasteiger partial charge in [0.25, 0.3) is 0 Å². The van der Waals surface area contributed by atoms with Crippen molar-refractivity contribution >= 4 is 35.8 Å². The van der Waals surface area contributed by atoms with E-state index in [1.165, 1.54) is 38.5 Å². The van der Waals surface area contributed by atoms with E-state index >= 15 is 0 Å². The number of aliphatic imine (C=N–C) groups is 1. The predicted molar refractivity (Wildman–Crippen MR) is 106 cm³/mol. The summed E-state index contributed by atoms with van der Waals surface area (Å²) < 4.78 is 5.93. The molecule has 1 aliphatic carbocycles. The SMILES string of the molecule is CCNC(=O)CN=C(NCC)NCCOC1CCCCCC1.I. The molecule has 1 fully saturated rings. The summed E-state index contributed by atoms with van der Waals surface area (Å²) in [5.74, 6) is 0.604. The van der Waals surface area contributed by atoms with Crippen LogP contribution in [0.1, 0.15) is 52.4 Å². The van der Waals surface area contributed by atoms with Gasteiger partial charge in [-0.25, -0.2) is 4.99 Å². The van der Waals surface area contributed by atoms with Crippen molar-refractivity contribution in [3.05, 3.63) is 0 Å². The first-order chi connectivity index (χ1) is 10.8. The van der Waals surface area contributed by atoms with Crippen LogP contribution in [0.15, 0.2) is 4.99 Å². The van der Waals surface area contributed by atoms with Crippen LogP contribution in [0.5, 0.6) is 0 Å². The second kappa shape index (κ2) is 15.0. The highest BCUT2D eigenvalue weighted by Gasteiger charge is 2.12. The van der Waals surface area contributed by atoms with Gasteiger partial charge in [0.1, 0.15) is 6.54 Å². The number of nitrogens with one attached hydrogen (secondary N) is 3. The van der Waals surface area contributed by atoms with E-state index in [0.29, 0.717) is 31.8 Å². The first kappa shape index (κ1) is 22.4. The Morgan fingerprint density at radius 2 is 1.70 bits per heavy atom. The molecule has 0 saturated heterocycles. The number of nitrogens with zero attached hydrogens (tertiary/aromatic N) is 1. The zero-order valence-electron chi connectivity index (χ0n) is 14.5. The second-order valence-electron chi connectivity index (χ2n) is 5.56. The van der Waals surface area contributed by atoms with Crippen molar-refractivity contribution in [3.8, 4) is 0 Å². The van der Waals surface area contributed by atoms with Crippen molar-refractivity contribution < 1.29 is 9.53 Å². The molecule has 136 valence electrons. The average molecular weight is 440 g/mol. The molecule has 0 bridgehead atoms. The van der Waals surface area contributed by atoms with Crippen LogP contribution in [0, 0.1) is 0 Å². The highest BCUT2D eigenvalue weighted by molar-refractivity contribution is 14.0. The van der Waals surface area contributed by atoms with Crippen molar-refractivity contribution in [2.45, 2.75) is 58.5 Å². The number of amides is 1. The van der Waals surface area contributed by atoms with E-state index in [2.05, 4.69) is 20.9 Å². The lowest BCUT2D eigenvalue weighted by atomic mass is 10.1. The minimum Gasteiger partial charge on any atom is -0.376 e. The van der Waals surface area contributed by atoms with Gasteiger partial charge in [-0.2, -0.15) is 0 Å². The summed E-state index contributed by atoms with van der Waals surface area (Å²) in [5.41, 5.74) is 0. The number of likely N-dealkylation sites (N-methyl/N-ethyl adjacent to an activating group) is 1. The summed E-state index contributed by atoms with van der Waals surface area (Å²) in [6.07, 6.45) is 8.05. The standard InChI is InChI=1S/C16H32N4O2.HI/c1-3-17-15(21)13-20-16(18-4-2)19-11-12-22-14-9-7-5-6-8-10-14;/h14H,3-13H2,1-2H3,(H,17,21)(H2,18,19,20);1H. The lowest BCUT2D eigenvalue weighted by Crippen LogP contribution is -2.40. The maximum Gasteiger partial charge on any atom is 0.241 e. The minimum atomic E-state index is -0.0607. The average Bonchev–Trinajstić information content (AvgIpc) is 2.78. The third-order valence-corrected chi connectivity index (χ3v) is 3.65. The molecule has 6 nitrogen and oxygen atoms in total. The highest BCUT2D eigenvalue weighted by Crippen LogP contribution is 2.19. The Morgan fingerprint density at radius 3 is 2.30 bits per heavy atom. The van der Waals surface area contributed by atoms with E-state index in [0.717, 1.165) is 6.54 Å². The van der Waals surface area contributed by atoms with E-state index in [4.69, 9.17) is 4.74 Å². The predicted octanol–water partition coefficient (Wildman–Crippen LogP) is 2.03. The van der Waals surface area contributed by atoms with Crippen LogP contribution >= 0.6 is 24.0 Å². The molecule has 1 rings (SSSR count). The van der Waals surface area contributed by atoms with Crippen molar-refractivity contribution in [1.29, 1.82) is 0 Å². The third-order valence-electron chi connectivity index (χ3n) is 3.65. The molecular weight excluding hydrogens is 407 g/mol. The molecule has 1 amide bonds. The molecule has 23 heavy (non-hydrogen) atoms. The van der Waals surface area contributed by atoms with E-state index in [-0.39, 0.29) is 36.4 Å². The summed E-state index contributed by atoms with van der Waals surface area (Å²) in [6, 6.07) is 0. The first-order valence-corrected chi connectivity index (χ1v) is 8.66. The lowest BCUT2D eigenvalue weighted by Gasteiger charge is -2.16. The maximum atomic E-state index is 11.4. The normalized spacial score (nSPS) is 16.2. The first-order valence-electron chi connectivity index (χ1n) is 8.66. The summed E-state index contributed by atoms with van der Waals surface area (Å²) in [4.78, 5) is 15.7. The van der Waals surface area contributed by atoms with Crippen LogP contribution < -0.4 is 16.0 Å². The quantitative estimate of drug-likeness (QED) is 0.178. The van der Waals surface area contributed by atoms with Crippen molar-refractivity contribution in [3.63, 3.8) is 0 Å². The molecule has 0 radical (unpaired) electrons. The van der Waals surface area contributed by atoms with Crippen LogP contribution in [0.2, 0.25) is 0 Å². The summed E-state index contributed by atoms with van der Waals surface area (Å²) >= 11 is 0. The Morgan fingerprint density at radius 1 is 1.04 bits per heavy atom. The Balaban J connectivity index is 0.00000484. The van der Waals surface area contributed by atoms with Crippen LogP contribution in [-0.2, 0) is 9.53 Å². The maximum absolute atomic E-state index is 11.4. The van der Waals surface area contributed by atoms with Gasteiger partial charge >= 0.3 is 0 Å². The number of ether oxygens (including phenoxy) is 1. The molecule has 0 aliphatic heterocycles. The van der Waals surface area contributed by atoms with Crippen LogP contribution in [0.25, 0.3) is 0 Å². The van der Waals surface area contributed by atoms with Crippen LogP contribution in [-0.4, -0.2) is 50.8 Å². The van der Waals surface area contributed by atoms with E-state index < -0.39 is 0 Å². The van der Waals surface area contributed by atoms with Crippen LogP contribution in [0.4, 0.5) is 0 Å². The molecule has 0 heterocycles. The Labute approximate surface area is 157 Å². The van der Waals surface area contributed by atoms with Gasteiger partial charge in [-0.1, -0.05) is 25.7 Å². The highest BCUT2D eigenvalue weighted by atomic mass is 127. The number of rotatable bonds is 8. The molecular formula is C16H33IN4O2. The lowest BCUT2D eigenvalue weighted by molar-refractivity contribution is -0.119.